The van der Waals surface area contributed by atoms with E-state index in [4.69, 9.17) is 41.4 Å². The number of hydrogen-bond donors (Lipinski definition) is 1. The molecule has 3 unspecified atom stereocenters. The van der Waals surface area contributed by atoms with Crippen LogP contribution in [0.4, 0.5) is 10.2 Å². The van der Waals surface area contributed by atoms with Gasteiger partial charge in [-0.1, -0.05) is 23.7 Å². The van der Waals surface area contributed by atoms with Crippen LogP contribution in [0.25, 0.3) is 11.0 Å². The normalized spacial score (nSPS) is 20.7. The fourth-order valence-electron chi connectivity index (χ4n) is 6.30. The molecular weight excluding hydrogens is 599 g/mol. The summed E-state index contributed by atoms with van der Waals surface area (Å²) in [6, 6.07) is 16.2. The number of carbonyl (C=O) groups excluding carboxylic acids is 1. The molecule has 1 saturated carbocycles. The minimum Gasteiger partial charge on any atom is -0.473 e. The SMILES string of the molecule is CO.N#Cc1ccc(COc2cccc(N3CCN(Cc4nc5ccc(C=O)c(Cl)c5n4CC4CCO4)C4CCC43)n2)c(F)c1. The molecule has 2 aliphatic heterocycles. The number of ether oxygens (including phenoxy) is 2. The number of piperazine rings is 1. The van der Waals surface area contributed by atoms with Crippen LogP contribution in [-0.2, 0) is 24.4 Å². The zero-order valence-corrected chi connectivity index (χ0v) is 25.7. The molecule has 0 bridgehead atoms. The largest absolute Gasteiger partial charge is 0.473 e. The third kappa shape index (κ3) is 6.11. The number of imidazole rings is 1. The number of fused-ring (bicyclic) bond motifs is 2. The molecule has 2 aromatic heterocycles. The number of hydrogen-bond acceptors (Lipinski definition) is 9. The highest BCUT2D eigenvalue weighted by atomic mass is 35.5. The molecule has 3 aliphatic rings. The smallest absolute Gasteiger partial charge is 0.215 e. The molecule has 45 heavy (non-hydrogen) atoms. The van der Waals surface area contributed by atoms with Crippen molar-refractivity contribution in [1.82, 2.24) is 19.4 Å². The first-order chi connectivity index (χ1) is 22.0. The van der Waals surface area contributed by atoms with Crippen LogP contribution >= 0.6 is 11.6 Å². The van der Waals surface area contributed by atoms with Crippen molar-refractivity contribution in [2.45, 2.75) is 57.1 Å². The quantitative estimate of drug-likeness (QED) is 0.261. The van der Waals surface area contributed by atoms with E-state index >= 15 is 0 Å². The van der Waals surface area contributed by atoms with Crippen molar-refractivity contribution in [3.8, 4) is 11.9 Å². The average Bonchev–Trinajstić information content (AvgIpc) is 3.37. The molecule has 3 fully saturated rings. The van der Waals surface area contributed by atoms with Gasteiger partial charge in [-0.15, -0.1) is 0 Å². The highest BCUT2D eigenvalue weighted by Crippen LogP contribution is 2.38. The van der Waals surface area contributed by atoms with Crippen molar-refractivity contribution in [2.24, 2.45) is 0 Å². The van der Waals surface area contributed by atoms with Gasteiger partial charge in [0.15, 0.2) is 6.29 Å². The standard InChI is InChI=1S/C32H30ClFN6O3.CH4O/c33-31-21(18-41)6-7-25-32(31)40(16-23-10-13-42-23)29(36-25)17-38-11-12-39(27-9-8-26(27)38)28-2-1-3-30(37-28)43-19-22-5-4-20(15-35)14-24(22)34;1-2/h1-7,14,18,23,26-27H,8-13,16-17,19H2;2H,1H3. The molecule has 4 aromatic rings. The Morgan fingerprint density at radius 3 is 2.64 bits per heavy atom. The summed E-state index contributed by atoms with van der Waals surface area (Å²) in [6.45, 7) is 3.75. The Kier molecular flexibility index (Phi) is 9.28. The number of rotatable bonds is 9. The third-order valence-electron chi connectivity index (χ3n) is 8.87. The molecule has 3 atom stereocenters. The van der Waals surface area contributed by atoms with Gasteiger partial charge in [-0.2, -0.15) is 10.2 Å². The lowest BCUT2D eigenvalue weighted by atomic mass is 9.81. The van der Waals surface area contributed by atoms with Gasteiger partial charge in [0.1, 0.15) is 24.1 Å². The molecular formula is C33H34ClFN6O4. The Labute approximate surface area is 265 Å². The van der Waals surface area contributed by atoms with Crippen LogP contribution in [0.15, 0.2) is 48.5 Å². The maximum absolute atomic E-state index is 14.3. The lowest BCUT2D eigenvalue weighted by Crippen LogP contribution is -2.64. The molecule has 0 amide bonds. The van der Waals surface area contributed by atoms with Crippen molar-refractivity contribution in [3.63, 3.8) is 0 Å². The van der Waals surface area contributed by atoms with E-state index in [1.165, 1.54) is 6.07 Å². The first kappa shape index (κ1) is 30.9. The Morgan fingerprint density at radius 2 is 1.96 bits per heavy atom. The van der Waals surface area contributed by atoms with Gasteiger partial charge in [-0.25, -0.2) is 9.37 Å². The third-order valence-corrected chi connectivity index (χ3v) is 9.26. The number of anilines is 1. The Bertz CT molecular complexity index is 1740. The van der Waals surface area contributed by atoms with Gasteiger partial charge in [-0.05, 0) is 49.6 Å². The second-order valence-electron chi connectivity index (χ2n) is 11.3. The number of aliphatic hydroxyl groups is 1. The van der Waals surface area contributed by atoms with Crippen LogP contribution in [0, 0.1) is 17.1 Å². The number of aromatic nitrogens is 3. The number of carbonyl (C=O) groups is 1. The molecule has 4 heterocycles. The molecule has 1 aliphatic carbocycles. The van der Waals surface area contributed by atoms with Gasteiger partial charge in [-0.3, -0.25) is 9.69 Å². The van der Waals surface area contributed by atoms with Crippen LogP contribution in [0.2, 0.25) is 5.02 Å². The summed E-state index contributed by atoms with van der Waals surface area (Å²) in [4.78, 5) is 26.2. The Morgan fingerprint density at radius 1 is 1.13 bits per heavy atom. The summed E-state index contributed by atoms with van der Waals surface area (Å²) in [5, 5.41) is 16.4. The van der Waals surface area contributed by atoms with E-state index in [9.17, 15) is 9.18 Å². The van der Waals surface area contributed by atoms with Crippen molar-refractivity contribution < 1.29 is 23.8 Å². The highest BCUT2D eigenvalue weighted by molar-refractivity contribution is 6.37. The maximum Gasteiger partial charge on any atom is 0.215 e. The molecule has 2 saturated heterocycles. The minimum absolute atomic E-state index is 0.0269. The summed E-state index contributed by atoms with van der Waals surface area (Å²) in [6.07, 6.45) is 4.04. The summed E-state index contributed by atoms with van der Waals surface area (Å²) in [5.74, 6) is 1.73. The predicted molar refractivity (Wildman–Crippen MR) is 167 cm³/mol. The summed E-state index contributed by atoms with van der Waals surface area (Å²) in [7, 11) is 1.00. The number of aliphatic hydroxyl groups excluding tert-OH is 1. The molecule has 10 nitrogen and oxygen atoms in total. The number of pyridine rings is 1. The lowest BCUT2D eigenvalue weighted by molar-refractivity contribution is -0.0594. The van der Waals surface area contributed by atoms with Gasteiger partial charge >= 0.3 is 0 Å². The Balaban J connectivity index is 0.00000175. The summed E-state index contributed by atoms with van der Waals surface area (Å²) in [5.41, 5.74) is 2.69. The van der Waals surface area contributed by atoms with Gasteiger partial charge in [0.05, 0.1) is 46.9 Å². The van der Waals surface area contributed by atoms with E-state index < -0.39 is 5.82 Å². The number of halogens is 2. The monoisotopic (exact) mass is 632 g/mol. The molecule has 234 valence electrons. The first-order valence-corrected chi connectivity index (χ1v) is 15.4. The van der Waals surface area contributed by atoms with Crippen molar-refractivity contribution in [3.05, 3.63) is 81.9 Å². The van der Waals surface area contributed by atoms with Crippen molar-refractivity contribution in [2.75, 3.05) is 31.7 Å². The minimum atomic E-state index is -0.469. The highest BCUT2D eigenvalue weighted by Gasteiger charge is 2.44. The van der Waals surface area contributed by atoms with Gasteiger partial charge < -0.3 is 24.0 Å². The lowest BCUT2D eigenvalue weighted by Gasteiger charge is -2.54. The van der Waals surface area contributed by atoms with Crippen LogP contribution in [0.5, 0.6) is 5.88 Å². The van der Waals surface area contributed by atoms with Crippen LogP contribution < -0.4 is 9.64 Å². The van der Waals surface area contributed by atoms with Gasteiger partial charge in [0.2, 0.25) is 5.88 Å². The van der Waals surface area contributed by atoms with Crippen molar-refractivity contribution in [1.29, 1.82) is 5.26 Å². The van der Waals surface area contributed by atoms with Crippen molar-refractivity contribution >= 4 is 34.7 Å². The second-order valence-corrected chi connectivity index (χ2v) is 11.7. The zero-order valence-electron chi connectivity index (χ0n) is 24.9. The zero-order chi connectivity index (χ0) is 31.5. The summed E-state index contributed by atoms with van der Waals surface area (Å²) < 4.78 is 28.1. The number of nitriles is 1. The summed E-state index contributed by atoms with van der Waals surface area (Å²) >= 11 is 6.69. The second kappa shape index (κ2) is 13.5. The van der Waals surface area contributed by atoms with E-state index in [1.807, 2.05) is 24.3 Å². The molecule has 0 spiro atoms. The molecule has 7 rings (SSSR count). The van der Waals surface area contributed by atoms with E-state index in [-0.39, 0.29) is 18.3 Å². The molecule has 0 radical (unpaired) electrons. The predicted octanol–water partition coefficient (Wildman–Crippen LogP) is 4.74. The number of benzene rings is 2. The van der Waals surface area contributed by atoms with E-state index in [2.05, 4.69) is 14.4 Å². The van der Waals surface area contributed by atoms with E-state index in [0.29, 0.717) is 47.2 Å². The van der Waals surface area contributed by atoms with Crippen LogP contribution in [0.1, 0.15) is 46.6 Å². The number of aldehydes is 1. The maximum atomic E-state index is 14.3. The molecule has 2 aromatic carbocycles. The van der Waals surface area contributed by atoms with E-state index in [0.717, 1.165) is 75.0 Å². The van der Waals surface area contributed by atoms with Gasteiger partial charge in [0, 0.05) is 56.1 Å². The average molecular weight is 633 g/mol. The van der Waals surface area contributed by atoms with E-state index in [1.54, 1.807) is 24.3 Å². The van der Waals surface area contributed by atoms with Crippen LogP contribution in [0.3, 0.4) is 0 Å². The first-order valence-electron chi connectivity index (χ1n) is 15.0. The Hall–Kier alpha value is -4.08. The van der Waals surface area contributed by atoms with Gasteiger partial charge in [0.25, 0.3) is 0 Å². The van der Waals surface area contributed by atoms with Crippen LogP contribution in [-0.4, -0.2) is 75.8 Å². The fraction of sp³-hybridized carbons (Fsp3) is 0.394. The number of nitrogens with zero attached hydrogens (tertiary/aromatic N) is 6. The molecule has 12 heteroatoms. The topological polar surface area (TPSA) is 117 Å². The molecule has 1 N–H and O–H groups in total. The fourth-order valence-corrected chi connectivity index (χ4v) is 6.61.